The minimum Gasteiger partial charge on any atom is -0.443 e. The number of imide groups is 1. The van der Waals surface area contributed by atoms with Crippen LogP contribution in [-0.2, 0) is 21.1 Å². The number of nitrogens with one attached hydrogen (secondary N) is 1. The number of halogens is 3. The first kappa shape index (κ1) is 27.1. The highest BCUT2D eigenvalue weighted by atomic mass is 32.1. The summed E-state index contributed by atoms with van der Waals surface area (Å²) in [5.41, 5.74) is 5.13. The third kappa shape index (κ3) is 4.50. The van der Waals surface area contributed by atoms with E-state index in [0.717, 1.165) is 16.5 Å². The van der Waals surface area contributed by atoms with Crippen molar-refractivity contribution in [1.82, 2.24) is 24.9 Å². The Bertz CT molecular complexity index is 1700. The summed E-state index contributed by atoms with van der Waals surface area (Å²) >= 11 is 1.25. The predicted octanol–water partition coefficient (Wildman–Crippen LogP) is 5.02. The van der Waals surface area contributed by atoms with Gasteiger partial charge in [0.2, 0.25) is 10.9 Å². The number of carbonyl (C=O) groups is 2. The van der Waals surface area contributed by atoms with Crippen LogP contribution in [0.5, 0.6) is 0 Å². The summed E-state index contributed by atoms with van der Waals surface area (Å²) in [4.78, 5) is 36.6. The van der Waals surface area contributed by atoms with Crippen LogP contribution in [0.25, 0.3) is 26.8 Å². The van der Waals surface area contributed by atoms with E-state index in [4.69, 9.17) is 10.5 Å². The molecule has 1 saturated heterocycles. The molecule has 1 aromatic carbocycles. The van der Waals surface area contributed by atoms with Gasteiger partial charge in [-0.05, 0) is 76.5 Å². The molecule has 2 aliphatic rings. The Hall–Kier alpha value is -4.04. The molecule has 14 heteroatoms. The highest BCUT2D eigenvalue weighted by Crippen LogP contribution is 2.49. The van der Waals surface area contributed by atoms with Crippen molar-refractivity contribution in [2.75, 3.05) is 23.7 Å². The first-order valence-corrected chi connectivity index (χ1v) is 13.7. The van der Waals surface area contributed by atoms with Crippen LogP contribution in [0, 0.1) is 0 Å². The normalized spacial score (nSPS) is 16.9. The molecule has 41 heavy (non-hydrogen) atoms. The Morgan fingerprint density at radius 3 is 2.51 bits per heavy atom. The van der Waals surface area contributed by atoms with E-state index in [1.54, 1.807) is 32.9 Å². The Balaban J connectivity index is 1.42. The minimum absolute atomic E-state index is 0.164. The highest BCUT2D eigenvalue weighted by molar-refractivity contribution is 7.19. The van der Waals surface area contributed by atoms with Crippen molar-refractivity contribution in [2.24, 2.45) is 0 Å². The van der Waals surface area contributed by atoms with Crippen LogP contribution in [-0.4, -0.2) is 50.3 Å². The number of aromatic nitrogens is 4. The van der Waals surface area contributed by atoms with Gasteiger partial charge in [-0.25, -0.2) is 24.2 Å². The molecule has 0 radical (unpaired) electrons. The number of imidazole rings is 1. The number of nitrogens with zero attached hydrogens (tertiary/aromatic N) is 5. The van der Waals surface area contributed by atoms with Gasteiger partial charge in [0.15, 0.2) is 0 Å². The molecule has 0 bridgehead atoms. The topological polar surface area (TPSA) is 128 Å². The zero-order valence-corrected chi connectivity index (χ0v) is 23.2. The second-order valence-electron chi connectivity index (χ2n) is 11.1. The van der Waals surface area contributed by atoms with E-state index in [1.165, 1.54) is 28.2 Å². The van der Waals surface area contributed by atoms with Gasteiger partial charge >= 0.3 is 12.3 Å². The van der Waals surface area contributed by atoms with Crippen molar-refractivity contribution in [3.05, 3.63) is 47.8 Å². The monoisotopic (exact) mass is 585 g/mol. The SMILES string of the molecule is CC(C)(C)OC(=O)N1C(=O)C2(CCNCC2)c2cc(-c3nn4c(-c5cnc(N)c(C(F)(F)F)c5)cnc4s3)ccc21. The molecule has 0 unspecified atom stereocenters. The van der Waals surface area contributed by atoms with Gasteiger partial charge < -0.3 is 15.8 Å². The molecule has 0 atom stereocenters. The van der Waals surface area contributed by atoms with Crippen LogP contribution in [0.15, 0.2) is 36.7 Å². The van der Waals surface area contributed by atoms with Crippen molar-refractivity contribution in [3.8, 4) is 21.8 Å². The maximum atomic E-state index is 13.8. The second kappa shape index (κ2) is 9.24. The lowest BCUT2D eigenvalue weighted by Gasteiger charge is -2.33. The van der Waals surface area contributed by atoms with E-state index in [9.17, 15) is 22.8 Å². The Kier molecular flexibility index (Phi) is 6.12. The van der Waals surface area contributed by atoms with Crippen molar-refractivity contribution in [3.63, 3.8) is 0 Å². The number of amides is 2. The average molecular weight is 586 g/mol. The summed E-state index contributed by atoms with van der Waals surface area (Å²) in [7, 11) is 0. The van der Waals surface area contributed by atoms with E-state index in [2.05, 4.69) is 20.4 Å². The van der Waals surface area contributed by atoms with E-state index in [0.29, 0.717) is 52.8 Å². The number of rotatable bonds is 2. The quantitative estimate of drug-likeness (QED) is 0.336. The molecule has 3 N–H and O–H groups in total. The first-order valence-electron chi connectivity index (χ1n) is 12.9. The van der Waals surface area contributed by atoms with Crippen LogP contribution in [0.3, 0.4) is 0 Å². The molecule has 3 aromatic heterocycles. The maximum Gasteiger partial charge on any atom is 0.421 e. The van der Waals surface area contributed by atoms with E-state index in [1.807, 2.05) is 6.07 Å². The molecule has 1 spiro atoms. The van der Waals surface area contributed by atoms with Crippen LogP contribution in [0.4, 0.5) is 29.5 Å². The Labute approximate surface area is 236 Å². The number of anilines is 2. The molecule has 2 aliphatic heterocycles. The number of nitrogens with two attached hydrogens (primary N) is 1. The lowest BCUT2D eigenvalue weighted by atomic mass is 9.74. The number of hydrogen-bond acceptors (Lipinski definition) is 9. The zero-order chi connectivity index (χ0) is 29.3. The van der Waals surface area contributed by atoms with E-state index >= 15 is 0 Å². The van der Waals surface area contributed by atoms with Crippen molar-refractivity contribution in [1.29, 1.82) is 0 Å². The third-order valence-corrected chi connectivity index (χ3v) is 8.22. The number of alkyl halides is 3. The molecular formula is C27H26F3N7O3S. The number of carbonyl (C=O) groups excluding carboxylic acids is 2. The summed E-state index contributed by atoms with van der Waals surface area (Å²) in [6.45, 7) is 6.46. The highest BCUT2D eigenvalue weighted by Gasteiger charge is 2.54. The third-order valence-electron chi connectivity index (χ3n) is 7.25. The average Bonchev–Trinajstić information content (AvgIpc) is 3.55. The molecule has 1 fully saturated rings. The van der Waals surface area contributed by atoms with E-state index < -0.39 is 34.7 Å². The fraction of sp³-hybridized carbons (Fsp3) is 0.370. The smallest absolute Gasteiger partial charge is 0.421 e. The standard InChI is InChI=1S/C27H26F3N7O3S/c1-25(2,3)40-24(39)36-18-5-4-14(10-16(18)26(22(36)38)6-8-32-9-7-26)21-35-37-19(13-34-23(37)41-21)15-11-17(27(28,29)30)20(31)33-12-15/h4-5,10-13,32H,6-9H2,1-3H3,(H2,31,33). The zero-order valence-electron chi connectivity index (χ0n) is 22.4. The van der Waals surface area contributed by atoms with Crippen LogP contribution in [0.2, 0.25) is 0 Å². The summed E-state index contributed by atoms with van der Waals surface area (Å²) < 4.78 is 47.3. The Morgan fingerprint density at radius 2 is 1.83 bits per heavy atom. The largest absolute Gasteiger partial charge is 0.443 e. The summed E-state index contributed by atoms with van der Waals surface area (Å²) in [6, 6.07) is 6.27. The van der Waals surface area contributed by atoms with Gasteiger partial charge in [-0.15, -0.1) is 0 Å². The lowest BCUT2D eigenvalue weighted by molar-refractivity contribution is -0.137. The summed E-state index contributed by atoms with van der Waals surface area (Å²) in [5.74, 6) is -0.922. The number of piperidine rings is 1. The molecule has 0 saturated carbocycles. The Morgan fingerprint density at radius 1 is 1.10 bits per heavy atom. The molecule has 5 heterocycles. The number of fused-ring (bicyclic) bond motifs is 3. The fourth-order valence-corrected chi connectivity index (χ4v) is 6.23. The van der Waals surface area contributed by atoms with Crippen LogP contribution < -0.4 is 16.0 Å². The van der Waals surface area contributed by atoms with Gasteiger partial charge in [-0.2, -0.15) is 18.3 Å². The fourth-order valence-electron chi connectivity index (χ4n) is 5.36. The van der Waals surface area contributed by atoms with Gasteiger partial charge in [0, 0.05) is 17.3 Å². The number of pyridine rings is 1. The van der Waals surface area contributed by atoms with Gasteiger partial charge in [0.05, 0.1) is 28.6 Å². The molecule has 214 valence electrons. The van der Waals surface area contributed by atoms with Crippen molar-refractivity contribution < 1.29 is 27.5 Å². The second-order valence-corrected chi connectivity index (χ2v) is 12.0. The molecule has 10 nitrogen and oxygen atoms in total. The van der Waals surface area contributed by atoms with Crippen molar-refractivity contribution >= 4 is 39.8 Å². The summed E-state index contributed by atoms with van der Waals surface area (Å²) in [5, 5.41) is 8.47. The molecule has 0 aliphatic carbocycles. The molecule has 4 aromatic rings. The van der Waals surface area contributed by atoms with Gasteiger partial charge in [0.1, 0.15) is 16.4 Å². The van der Waals surface area contributed by atoms with Gasteiger partial charge in [-0.1, -0.05) is 11.3 Å². The minimum atomic E-state index is -4.66. The summed E-state index contributed by atoms with van der Waals surface area (Å²) in [6.07, 6.45) is -1.68. The first-order chi connectivity index (χ1) is 19.3. The molecular weight excluding hydrogens is 559 g/mol. The van der Waals surface area contributed by atoms with Crippen molar-refractivity contribution in [2.45, 2.75) is 50.8 Å². The number of benzene rings is 1. The number of nitrogen functional groups attached to an aromatic ring is 1. The number of hydrogen-bond donors (Lipinski definition) is 2. The molecule has 6 rings (SSSR count). The maximum absolute atomic E-state index is 13.8. The van der Waals surface area contributed by atoms with Crippen LogP contribution in [0.1, 0.15) is 44.7 Å². The van der Waals surface area contributed by atoms with Gasteiger partial charge in [0.25, 0.3) is 0 Å². The number of ether oxygens (including phenoxy) is 1. The van der Waals surface area contributed by atoms with Crippen LogP contribution >= 0.6 is 11.3 Å². The lowest BCUT2D eigenvalue weighted by Crippen LogP contribution is -2.49. The molecule has 2 amide bonds. The predicted molar refractivity (Wildman–Crippen MR) is 146 cm³/mol. The van der Waals surface area contributed by atoms with E-state index in [-0.39, 0.29) is 11.5 Å². The van der Waals surface area contributed by atoms with Gasteiger partial charge in [-0.3, -0.25) is 4.79 Å².